The highest BCUT2D eigenvalue weighted by atomic mass is 79.9. The lowest BCUT2D eigenvalue weighted by atomic mass is 9.82. The fourth-order valence-electron chi connectivity index (χ4n) is 3.88. The van der Waals surface area contributed by atoms with E-state index in [-0.39, 0.29) is 17.0 Å². The number of fused-ring (bicyclic) bond motifs is 3. The average Bonchev–Trinajstić information content (AvgIpc) is 2.96. The molecule has 2 aliphatic heterocycles. The standard InChI is InChI=1S/C18H18ClN.BrH/c19-17-9-4-3-7-14(17)16-12-20-11-5-10-18(20)15-8-2-1-6-13(15)16;/h1-4,6-9,16,18H,5,10-12H2;1H. The Morgan fingerprint density at radius 3 is 2.33 bits per heavy atom. The quantitative estimate of drug-likeness (QED) is 0.672. The molecule has 3 heteroatoms. The molecule has 0 N–H and O–H groups in total. The average molecular weight is 365 g/mol. The molecule has 4 rings (SSSR count). The summed E-state index contributed by atoms with van der Waals surface area (Å²) < 4.78 is 0. The maximum absolute atomic E-state index is 6.45. The van der Waals surface area contributed by atoms with Gasteiger partial charge in [0.05, 0.1) is 0 Å². The maximum atomic E-state index is 6.45. The van der Waals surface area contributed by atoms with Crippen LogP contribution in [-0.2, 0) is 0 Å². The van der Waals surface area contributed by atoms with Crippen molar-refractivity contribution >= 4 is 28.6 Å². The van der Waals surface area contributed by atoms with E-state index in [4.69, 9.17) is 11.6 Å². The van der Waals surface area contributed by atoms with Gasteiger partial charge in [-0.15, -0.1) is 17.0 Å². The van der Waals surface area contributed by atoms with Gasteiger partial charge < -0.3 is 0 Å². The molecule has 0 amide bonds. The van der Waals surface area contributed by atoms with Gasteiger partial charge >= 0.3 is 0 Å². The van der Waals surface area contributed by atoms with Gasteiger partial charge in [0.2, 0.25) is 0 Å². The summed E-state index contributed by atoms with van der Waals surface area (Å²) in [4.78, 5) is 2.64. The molecule has 1 nitrogen and oxygen atoms in total. The Morgan fingerprint density at radius 1 is 0.905 bits per heavy atom. The molecule has 2 aromatic carbocycles. The number of hydrogen-bond acceptors (Lipinski definition) is 1. The topological polar surface area (TPSA) is 3.24 Å². The van der Waals surface area contributed by atoms with E-state index in [1.807, 2.05) is 12.1 Å². The SMILES string of the molecule is Br.Clc1ccccc1C1CN2CCCC2c2ccccc21. The second-order valence-electron chi connectivity index (χ2n) is 5.86. The molecule has 2 aliphatic rings. The lowest BCUT2D eigenvalue weighted by Crippen LogP contribution is -2.34. The summed E-state index contributed by atoms with van der Waals surface area (Å²) in [6.07, 6.45) is 2.61. The van der Waals surface area contributed by atoms with Crippen molar-refractivity contribution in [1.82, 2.24) is 4.90 Å². The highest BCUT2D eigenvalue weighted by molar-refractivity contribution is 8.93. The van der Waals surface area contributed by atoms with E-state index in [0.717, 1.165) is 11.6 Å². The third kappa shape index (κ3) is 2.54. The summed E-state index contributed by atoms with van der Waals surface area (Å²) in [5, 5.41) is 0.893. The molecule has 0 saturated carbocycles. The Labute approximate surface area is 141 Å². The van der Waals surface area contributed by atoms with Gasteiger partial charge in [-0.3, -0.25) is 4.90 Å². The zero-order valence-electron chi connectivity index (χ0n) is 11.8. The molecule has 110 valence electrons. The minimum atomic E-state index is 0. The normalized spacial score (nSPS) is 24.0. The van der Waals surface area contributed by atoms with Crippen LogP contribution in [0.2, 0.25) is 5.02 Å². The number of nitrogens with zero attached hydrogens (tertiary/aromatic N) is 1. The molecule has 2 atom stereocenters. The van der Waals surface area contributed by atoms with Crippen LogP contribution in [0.15, 0.2) is 48.5 Å². The van der Waals surface area contributed by atoms with Crippen molar-refractivity contribution in [3.8, 4) is 0 Å². The summed E-state index contributed by atoms with van der Waals surface area (Å²) in [6, 6.07) is 17.9. The summed E-state index contributed by atoms with van der Waals surface area (Å²) >= 11 is 6.45. The van der Waals surface area contributed by atoms with Crippen molar-refractivity contribution in [2.75, 3.05) is 13.1 Å². The van der Waals surface area contributed by atoms with Gasteiger partial charge in [-0.1, -0.05) is 54.1 Å². The molecule has 0 spiro atoms. The van der Waals surface area contributed by atoms with Crippen LogP contribution in [0.25, 0.3) is 0 Å². The van der Waals surface area contributed by atoms with Crippen molar-refractivity contribution in [3.63, 3.8) is 0 Å². The number of halogens is 2. The Morgan fingerprint density at radius 2 is 1.57 bits per heavy atom. The fraction of sp³-hybridized carbons (Fsp3) is 0.333. The number of benzene rings is 2. The molecule has 0 radical (unpaired) electrons. The van der Waals surface area contributed by atoms with Crippen LogP contribution in [0, 0.1) is 0 Å². The summed E-state index contributed by atoms with van der Waals surface area (Å²) in [5.74, 6) is 0.411. The Hall–Kier alpha value is -0.830. The van der Waals surface area contributed by atoms with E-state index in [2.05, 4.69) is 41.3 Å². The first kappa shape index (κ1) is 15.1. The zero-order valence-corrected chi connectivity index (χ0v) is 14.3. The summed E-state index contributed by atoms with van der Waals surface area (Å²) in [5.41, 5.74) is 4.26. The molecule has 1 saturated heterocycles. The van der Waals surface area contributed by atoms with Crippen LogP contribution < -0.4 is 0 Å². The Bertz CT molecular complexity index is 643. The molecule has 0 aromatic heterocycles. The first-order valence-corrected chi connectivity index (χ1v) is 7.79. The molecule has 2 aromatic rings. The number of hydrogen-bond donors (Lipinski definition) is 0. The van der Waals surface area contributed by atoms with E-state index in [1.165, 1.54) is 36.1 Å². The van der Waals surface area contributed by atoms with Crippen LogP contribution in [0.5, 0.6) is 0 Å². The Balaban J connectivity index is 0.00000132. The second-order valence-corrected chi connectivity index (χ2v) is 6.26. The monoisotopic (exact) mass is 363 g/mol. The zero-order chi connectivity index (χ0) is 13.5. The van der Waals surface area contributed by atoms with E-state index < -0.39 is 0 Å². The van der Waals surface area contributed by atoms with Crippen molar-refractivity contribution in [1.29, 1.82) is 0 Å². The fourth-order valence-corrected chi connectivity index (χ4v) is 4.15. The van der Waals surface area contributed by atoms with Gasteiger partial charge in [0.1, 0.15) is 0 Å². The first-order valence-electron chi connectivity index (χ1n) is 7.42. The summed E-state index contributed by atoms with van der Waals surface area (Å²) in [7, 11) is 0. The van der Waals surface area contributed by atoms with Gasteiger partial charge in [0.25, 0.3) is 0 Å². The van der Waals surface area contributed by atoms with Gasteiger partial charge in [0.15, 0.2) is 0 Å². The summed E-state index contributed by atoms with van der Waals surface area (Å²) in [6.45, 7) is 2.32. The number of rotatable bonds is 1. The molecule has 2 unspecified atom stereocenters. The smallest absolute Gasteiger partial charge is 0.0444 e. The maximum Gasteiger partial charge on any atom is 0.0444 e. The van der Waals surface area contributed by atoms with Crippen LogP contribution in [0.4, 0.5) is 0 Å². The third-order valence-corrected chi connectivity index (χ3v) is 5.14. The van der Waals surface area contributed by atoms with Crippen molar-refractivity contribution in [2.24, 2.45) is 0 Å². The third-order valence-electron chi connectivity index (χ3n) is 4.79. The lowest BCUT2D eigenvalue weighted by Gasteiger charge is -2.37. The van der Waals surface area contributed by atoms with Crippen LogP contribution in [0.3, 0.4) is 0 Å². The minimum Gasteiger partial charge on any atom is -0.295 e. The first-order chi connectivity index (χ1) is 9.84. The molecule has 21 heavy (non-hydrogen) atoms. The van der Waals surface area contributed by atoms with Crippen LogP contribution in [0.1, 0.15) is 41.5 Å². The van der Waals surface area contributed by atoms with E-state index in [0.29, 0.717) is 12.0 Å². The highest BCUT2D eigenvalue weighted by Gasteiger charge is 2.36. The van der Waals surface area contributed by atoms with Gasteiger partial charge in [-0.25, -0.2) is 0 Å². The predicted molar refractivity (Wildman–Crippen MR) is 93.6 cm³/mol. The van der Waals surface area contributed by atoms with Crippen molar-refractivity contribution in [3.05, 3.63) is 70.2 Å². The molecule has 2 heterocycles. The van der Waals surface area contributed by atoms with Gasteiger partial charge in [-0.05, 0) is 42.1 Å². The molecule has 1 fully saturated rings. The van der Waals surface area contributed by atoms with E-state index in [9.17, 15) is 0 Å². The van der Waals surface area contributed by atoms with Crippen LogP contribution >= 0.6 is 28.6 Å². The Kier molecular flexibility index (Phi) is 4.39. The predicted octanol–water partition coefficient (Wildman–Crippen LogP) is 5.20. The minimum absolute atomic E-state index is 0. The molecule has 0 aliphatic carbocycles. The van der Waals surface area contributed by atoms with Crippen LogP contribution in [-0.4, -0.2) is 18.0 Å². The second kappa shape index (κ2) is 6.12. The van der Waals surface area contributed by atoms with Crippen molar-refractivity contribution in [2.45, 2.75) is 24.8 Å². The lowest BCUT2D eigenvalue weighted by molar-refractivity contribution is 0.230. The van der Waals surface area contributed by atoms with Crippen molar-refractivity contribution < 1.29 is 0 Å². The molecular formula is C18H19BrClN. The van der Waals surface area contributed by atoms with E-state index >= 15 is 0 Å². The van der Waals surface area contributed by atoms with Gasteiger partial charge in [-0.2, -0.15) is 0 Å². The molecular weight excluding hydrogens is 346 g/mol. The van der Waals surface area contributed by atoms with Gasteiger partial charge in [0, 0.05) is 23.5 Å². The highest BCUT2D eigenvalue weighted by Crippen LogP contribution is 2.45. The molecule has 0 bridgehead atoms. The largest absolute Gasteiger partial charge is 0.295 e. The van der Waals surface area contributed by atoms with E-state index in [1.54, 1.807) is 0 Å².